The highest BCUT2D eigenvalue weighted by molar-refractivity contribution is 6.01. The van der Waals surface area contributed by atoms with E-state index in [0.29, 0.717) is 43.1 Å². The SMILES string of the molecule is CCOC(=O)c1cc(NC(=O)C2(c3ccccc3F)CCOCC2)ccc1OC. The van der Waals surface area contributed by atoms with Crippen molar-refractivity contribution in [3.63, 3.8) is 0 Å². The van der Waals surface area contributed by atoms with Crippen LogP contribution < -0.4 is 10.1 Å². The summed E-state index contributed by atoms with van der Waals surface area (Å²) in [7, 11) is 1.45. The van der Waals surface area contributed by atoms with E-state index in [1.807, 2.05) is 0 Å². The molecule has 2 aromatic carbocycles. The molecule has 6 nitrogen and oxygen atoms in total. The monoisotopic (exact) mass is 401 g/mol. The van der Waals surface area contributed by atoms with Crippen molar-refractivity contribution in [1.82, 2.24) is 0 Å². The molecule has 1 amide bonds. The van der Waals surface area contributed by atoms with Crippen LogP contribution in [0.4, 0.5) is 10.1 Å². The topological polar surface area (TPSA) is 73.9 Å². The standard InChI is InChI=1S/C22H24FNO5/c1-3-29-20(25)16-14-15(8-9-19(16)27-2)24-21(26)22(10-12-28-13-11-22)17-6-4-5-7-18(17)23/h4-9,14H,3,10-13H2,1-2H3,(H,24,26). The van der Waals surface area contributed by atoms with E-state index in [0.717, 1.165) is 0 Å². The molecule has 0 aliphatic carbocycles. The lowest BCUT2D eigenvalue weighted by Crippen LogP contribution is -2.45. The molecule has 0 radical (unpaired) electrons. The number of rotatable bonds is 6. The number of anilines is 1. The molecule has 1 aliphatic rings. The lowest BCUT2D eigenvalue weighted by atomic mass is 9.73. The van der Waals surface area contributed by atoms with E-state index in [1.165, 1.54) is 19.2 Å². The van der Waals surface area contributed by atoms with Crippen LogP contribution in [0.3, 0.4) is 0 Å². The van der Waals surface area contributed by atoms with Crippen molar-refractivity contribution in [2.24, 2.45) is 0 Å². The van der Waals surface area contributed by atoms with Gasteiger partial charge in [0.1, 0.15) is 17.1 Å². The van der Waals surface area contributed by atoms with Crippen LogP contribution in [0.15, 0.2) is 42.5 Å². The number of hydrogen-bond acceptors (Lipinski definition) is 5. The second kappa shape index (κ2) is 9.05. The maximum absolute atomic E-state index is 14.6. The predicted molar refractivity (Wildman–Crippen MR) is 106 cm³/mol. The fraction of sp³-hybridized carbons (Fsp3) is 0.364. The molecule has 0 saturated carbocycles. The fourth-order valence-corrected chi connectivity index (χ4v) is 3.59. The molecule has 0 atom stereocenters. The quantitative estimate of drug-likeness (QED) is 0.747. The molecule has 7 heteroatoms. The molecule has 1 heterocycles. The number of esters is 1. The zero-order chi connectivity index (χ0) is 20.9. The van der Waals surface area contributed by atoms with Crippen molar-refractivity contribution in [2.75, 3.05) is 32.2 Å². The van der Waals surface area contributed by atoms with Crippen molar-refractivity contribution in [3.8, 4) is 5.75 Å². The average Bonchev–Trinajstić information content (AvgIpc) is 2.74. The van der Waals surface area contributed by atoms with Crippen molar-refractivity contribution in [3.05, 3.63) is 59.4 Å². The molecular formula is C22H24FNO5. The first-order valence-electron chi connectivity index (χ1n) is 9.51. The van der Waals surface area contributed by atoms with Crippen molar-refractivity contribution in [1.29, 1.82) is 0 Å². The Morgan fingerprint density at radius 1 is 1.17 bits per heavy atom. The predicted octanol–water partition coefficient (Wildman–Crippen LogP) is 3.70. The Morgan fingerprint density at radius 3 is 2.55 bits per heavy atom. The molecule has 3 rings (SSSR count). The minimum absolute atomic E-state index is 0.207. The number of halogens is 1. The van der Waals surface area contributed by atoms with Crippen LogP contribution in [-0.4, -0.2) is 38.8 Å². The van der Waals surface area contributed by atoms with Crippen LogP contribution in [-0.2, 0) is 19.7 Å². The maximum Gasteiger partial charge on any atom is 0.341 e. The van der Waals surface area contributed by atoms with Gasteiger partial charge in [0.15, 0.2) is 0 Å². The Balaban J connectivity index is 1.94. The minimum atomic E-state index is -1.05. The molecule has 154 valence electrons. The first-order valence-corrected chi connectivity index (χ1v) is 9.51. The summed E-state index contributed by atoms with van der Waals surface area (Å²) >= 11 is 0. The van der Waals surface area contributed by atoms with E-state index in [9.17, 15) is 14.0 Å². The summed E-state index contributed by atoms with van der Waals surface area (Å²) in [4.78, 5) is 25.5. The molecular weight excluding hydrogens is 377 g/mol. The van der Waals surface area contributed by atoms with Crippen LogP contribution in [0.2, 0.25) is 0 Å². The number of carbonyl (C=O) groups excluding carboxylic acids is 2. The number of methoxy groups -OCH3 is 1. The third kappa shape index (κ3) is 4.24. The van der Waals surface area contributed by atoms with Crippen LogP contribution in [0.25, 0.3) is 0 Å². The Morgan fingerprint density at radius 2 is 1.90 bits per heavy atom. The normalized spacial score (nSPS) is 15.4. The average molecular weight is 401 g/mol. The number of nitrogens with one attached hydrogen (secondary N) is 1. The van der Waals surface area contributed by atoms with Gasteiger partial charge in [0, 0.05) is 24.5 Å². The molecule has 0 unspecified atom stereocenters. The molecule has 1 N–H and O–H groups in total. The molecule has 0 aromatic heterocycles. The van der Waals surface area contributed by atoms with E-state index < -0.39 is 17.2 Å². The van der Waals surface area contributed by atoms with Crippen LogP contribution in [0.1, 0.15) is 35.7 Å². The molecule has 29 heavy (non-hydrogen) atoms. The summed E-state index contributed by atoms with van der Waals surface area (Å²) in [6, 6.07) is 11.0. The number of benzene rings is 2. The zero-order valence-electron chi connectivity index (χ0n) is 16.5. The smallest absolute Gasteiger partial charge is 0.341 e. The first kappa shape index (κ1) is 20.8. The van der Waals surface area contributed by atoms with Gasteiger partial charge in [-0.1, -0.05) is 18.2 Å². The third-order valence-corrected chi connectivity index (χ3v) is 5.12. The molecule has 1 saturated heterocycles. The zero-order valence-corrected chi connectivity index (χ0v) is 16.5. The van der Waals surface area contributed by atoms with Gasteiger partial charge in [-0.25, -0.2) is 9.18 Å². The minimum Gasteiger partial charge on any atom is -0.496 e. The van der Waals surface area contributed by atoms with Gasteiger partial charge in [-0.2, -0.15) is 0 Å². The van der Waals surface area contributed by atoms with Crippen molar-refractivity contribution < 1.29 is 28.2 Å². The van der Waals surface area contributed by atoms with E-state index in [4.69, 9.17) is 14.2 Å². The molecule has 0 bridgehead atoms. The van der Waals surface area contributed by atoms with Crippen molar-refractivity contribution >= 4 is 17.6 Å². The van der Waals surface area contributed by atoms with Crippen molar-refractivity contribution in [2.45, 2.75) is 25.2 Å². The lowest BCUT2D eigenvalue weighted by Gasteiger charge is -2.36. The number of amides is 1. The summed E-state index contributed by atoms with van der Waals surface area (Å²) in [5.41, 5.74) is -0.0896. The van der Waals surface area contributed by atoms with Gasteiger partial charge in [0.2, 0.25) is 5.91 Å². The highest BCUT2D eigenvalue weighted by atomic mass is 19.1. The molecule has 1 aliphatic heterocycles. The second-order valence-electron chi connectivity index (χ2n) is 6.76. The van der Waals surface area contributed by atoms with Gasteiger partial charge in [-0.05, 0) is 44.0 Å². The Kier molecular flexibility index (Phi) is 6.49. The number of hydrogen-bond donors (Lipinski definition) is 1. The summed E-state index contributed by atoms with van der Waals surface area (Å²) in [6.07, 6.45) is 0.724. The number of ether oxygens (including phenoxy) is 3. The Labute approximate surface area is 169 Å². The van der Waals surface area contributed by atoms with Crippen LogP contribution >= 0.6 is 0 Å². The maximum atomic E-state index is 14.6. The van der Waals surface area contributed by atoms with E-state index in [2.05, 4.69) is 5.32 Å². The van der Waals surface area contributed by atoms with Gasteiger partial charge in [-0.3, -0.25) is 4.79 Å². The van der Waals surface area contributed by atoms with E-state index >= 15 is 0 Å². The highest BCUT2D eigenvalue weighted by Crippen LogP contribution is 2.38. The Hall–Kier alpha value is -2.93. The van der Waals surface area contributed by atoms with Gasteiger partial charge in [0.25, 0.3) is 0 Å². The summed E-state index contributed by atoms with van der Waals surface area (Å²) in [6.45, 7) is 2.64. The summed E-state index contributed by atoms with van der Waals surface area (Å²) in [5.74, 6) is -0.968. The molecule has 2 aromatic rings. The largest absolute Gasteiger partial charge is 0.496 e. The molecule has 1 fully saturated rings. The van der Waals surface area contributed by atoms with Gasteiger partial charge in [-0.15, -0.1) is 0 Å². The second-order valence-corrected chi connectivity index (χ2v) is 6.76. The van der Waals surface area contributed by atoms with E-state index in [-0.39, 0.29) is 18.1 Å². The number of carbonyl (C=O) groups is 2. The van der Waals surface area contributed by atoms with Gasteiger partial charge < -0.3 is 19.5 Å². The van der Waals surface area contributed by atoms with Gasteiger partial charge in [0.05, 0.1) is 19.1 Å². The van der Waals surface area contributed by atoms with E-state index in [1.54, 1.807) is 37.3 Å². The third-order valence-electron chi connectivity index (χ3n) is 5.12. The highest BCUT2D eigenvalue weighted by Gasteiger charge is 2.43. The van der Waals surface area contributed by atoms with Crippen LogP contribution in [0.5, 0.6) is 5.75 Å². The molecule has 0 spiro atoms. The Bertz CT molecular complexity index is 893. The fourth-order valence-electron chi connectivity index (χ4n) is 3.59. The summed E-state index contributed by atoms with van der Waals surface area (Å²) < 4.78 is 30.3. The summed E-state index contributed by atoms with van der Waals surface area (Å²) in [5, 5.41) is 2.84. The lowest BCUT2D eigenvalue weighted by molar-refractivity contribution is -0.125. The van der Waals surface area contributed by atoms with Crippen LogP contribution in [0, 0.1) is 5.82 Å². The van der Waals surface area contributed by atoms with Gasteiger partial charge >= 0.3 is 5.97 Å². The first-order chi connectivity index (χ1) is 14.0.